The summed E-state index contributed by atoms with van der Waals surface area (Å²) in [6, 6.07) is 15.0. The lowest BCUT2D eigenvalue weighted by molar-refractivity contribution is 0.112. The first-order chi connectivity index (χ1) is 9.78. The molecule has 98 valence electrons. The van der Waals surface area contributed by atoms with Crippen LogP contribution in [0.3, 0.4) is 0 Å². The lowest BCUT2D eigenvalue weighted by atomic mass is 10.1. The summed E-state index contributed by atoms with van der Waals surface area (Å²) < 4.78 is 5.97. The van der Waals surface area contributed by atoms with Gasteiger partial charge in [0.1, 0.15) is 17.8 Å². The van der Waals surface area contributed by atoms with Crippen LogP contribution in [0, 0.1) is 6.92 Å². The third-order valence-corrected chi connectivity index (χ3v) is 3.16. The molecule has 0 aliphatic rings. The van der Waals surface area contributed by atoms with Crippen LogP contribution < -0.4 is 4.74 Å². The molecule has 20 heavy (non-hydrogen) atoms. The molecule has 0 radical (unpaired) electrons. The first kappa shape index (κ1) is 12.4. The van der Waals surface area contributed by atoms with Crippen LogP contribution in [0.15, 0.2) is 54.7 Å². The van der Waals surface area contributed by atoms with E-state index in [1.54, 1.807) is 12.3 Å². The molecular weight excluding hydrogens is 250 g/mol. The highest BCUT2D eigenvalue weighted by molar-refractivity contribution is 5.85. The number of aldehydes is 1. The van der Waals surface area contributed by atoms with E-state index in [2.05, 4.69) is 4.98 Å². The van der Waals surface area contributed by atoms with Gasteiger partial charge in [-0.3, -0.25) is 9.78 Å². The smallest absolute Gasteiger partial charge is 0.150 e. The topological polar surface area (TPSA) is 39.2 Å². The highest BCUT2D eigenvalue weighted by Gasteiger charge is 2.06. The molecule has 0 aliphatic carbocycles. The molecule has 1 heterocycles. The Labute approximate surface area is 116 Å². The summed E-state index contributed by atoms with van der Waals surface area (Å²) in [4.78, 5) is 15.1. The van der Waals surface area contributed by atoms with Gasteiger partial charge in [0.15, 0.2) is 0 Å². The van der Waals surface area contributed by atoms with Crippen molar-refractivity contribution in [1.82, 2.24) is 4.98 Å². The fraction of sp³-hybridized carbons (Fsp3) is 0.0588. The molecular formula is C17H13NO2. The van der Waals surface area contributed by atoms with Gasteiger partial charge in [-0.2, -0.15) is 0 Å². The Balaban J connectivity index is 2.03. The zero-order valence-corrected chi connectivity index (χ0v) is 11.0. The first-order valence-electron chi connectivity index (χ1n) is 6.35. The number of aromatic nitrogens is 1. The van der Waals surface area contributed by atoms with Gasteiger partial charge >= 0.3 is 0 Å². The third kappa shape index (κ3) is 2.26. The van der Waals surface area contributed by atoms with Gasteiger partial charge in [-0.1, -0.05) is 6.07 Å². The number of carbonyl (C=O) groups is 1. The average molecular weight is 263 g/mol. The number of nitrogens with zero attached hydrogens (tertiary/aromatic N) is 1. The van der Waals surface area contributed by atoms with Crippen molar-refractivity contribution in [3.05, 3.63) is 65.9 Å². The van der Waals surface area contributed by atoms with Crippen molar-refractivity contribution in [3.63, 3.8) is 0 Å². The number of fused-ring (bicyclic) bond motifs is 1. The lowest BCUT2D eigenvalue weighted by Crippen LogP contribution is -1.91. The molecule has 1 aromatic heterocycles. The number of rotatable bonds is 3. The Bertz CT molecular complexity index is 776. The average Bonchev–Trinajstić information content (AvgIpc) is 2.49. The summed E-state index contributed by atoms with van der Waals surface area (Å²) in [6.45, 7) is 1.92. The van der Waals surface area contributed by atoms with Crippen LogP contribution in [-0.2, 0) is 0 Å². The lowest BCUT2D eigenvalue weighted by Gasteiger charge is -2.11. The van der Waals surface area contributed by atoms with E-state index in [-0.39, 0.29) is 0 Å². The second kappa shape index (κ2) is 5.13. The van der Waals surface area contributed by atoms with E-state index in [9.17, 15) is 4.79 Å². The van der Waals surface area contributed by atoms with Crippen molar-refractivity contribution in [1.29, 1.82) is 0 Å². The fourth-order valence-corrected chi connectivity index (χ4v) is 2.14. The highest BCUT2D eigenvalue weighted by Crippen LogP contribution is 2.30. The molecule has 0 fully saturated rings. The van der Waals surface area contributed by atoms with Crippen LogP contribution in [0.5, 0.6) is 11.5 Å². The second-order valence-corrected chi connectivity index (χ2v) is 4.57. The summed E-state index contributed by atoms with van der Waals surface area (Å²) >= 11 is 0. The largest absolute Gasteiger partial charge is 0.456 e. The van der Waals surface area contributed by atoms with Gasteiger partial charge in [0.25, 0.3) is 0 Å². The van der Waals surface area contributed by atoms with Crippen molar-refractivity contribution in [2.75, 3.05) is 0 Å². The molecule has 3 nitrogen and oxygen atoms in total. The molecule has 0 saturated carbocycles. The van der Waals surface area contributed by atoms with Crippen molar-refractivity contribution >= 4 is 17.2 Å². The zero-order chi connectivity index (χ0) is 13.9. The molecule has 0 aliphatic heterocycles. The van der Waals surface area contributed by atoms with Gasteiger partial charge in [-0.15, -0.1) is 0 Å². The predicted octanol–water partition coefficient (Wildman–Crippen LogP) is 4.15. The molecule has 0 atom stereocenters. The van der Waals surface area contributed by atoms with Crippen LogP contribution in [-0.4, -0.2) is 11.3 Å². The molecule has 0 unspecified atom stereocenters. The van der Waals surface area contributed by atoms with Gasteiger partial charge in [0.05, 0.1) is 5.52 Å². The van der Waals surface area contributed by atoms with Gasteiger partial charge < -0.3 is 4.74 Å². The number of carbonyl (C=O) groups excluding carboxylic acids is 1. The standard InChI is InChI=1S/C17H13NO2/c1-12-10-13(11-19)7-8-16(12)20-17-6-2-5-15-14(17)4-3-9-18-15/h2-11H,1H3. The Hall–Kier alpha value is -2.68. The maximum Gasteiger partial charge on any atom is 0.150 e. The predicted molar refractivity (Wildman–Crippen MR) is 78.4 cm³/mol. The summed E-state index contributed by atoms with van der Waals surface area (Å²) in [5.41, 5.74) is 2.47. The fourth-order valence-electron chi connectivity index (χ4n) is 2.14. The summed E-state index contributed by atoms with van der Waals surface area (Å²) in [5.74, 6) is 1.50. The van der Waals surface area contributed by atoms with E-state index >= 15 is 0 Å². The van der Waals surface area contributed by atoms with E-state index < -0.39 is 0 Å². The van der Waals surface area contributed by atoms with E-state index in [0.717, 1.165) is 34.3 Å². The van der Waals surface area contributed by atoms with E-state index in [1.807, 2.05) is 49.4 Å². The van der Waals surface area contributed by atoms with Crippen LogP contribution in [0.25, 0.3) is 10.9 Å². The molecule has 0 spiro atoms. The number of hydrogen-bond acceptors (Lipinski definition) is 3. The molecule has 0 saturated heterocycles. The molecule has 2 aromatic carbocycles. The Morgan fingerprint density at radius 1 is 1.05 bits per heavy atom. The highest BCUT2D eigenvalue weighted by atomic mass is 16.5. The zero-order valence-electron chi connectivity index (χ0n) is 11.0. The van der Waals surface area contributed by atoms with Gasteiger partial charge in [-0.05, 0) is 55.0 Å². The molecule has 0 N–H and O–H groups in total. The molecule has 3 aromatic rings. The number of ether oxygens (including phenoxy) is 1. The summed E-state index contributed by atoms with van der Waals surface area (Å²) in [7, 11) is 0. The SMILES string of the molecule is Cc1cc(C=O)ccc1Oc1cccc2ncccc12. The first-order valence-corrected chi connectivity index (χ1v) is 6.35. The normalized spacial score (nSPS) is 10.4. The van der Waals surface area contributed by atoms with Crippen LogP contribution in [0.4, 0.5) is 0 Å². The van der Waals surface area contributed by atoms with Crippen LogP contribution >= 0.6 is 0 Å². The molecule has 0 amide bonds. The van der Waals surface area contributed by atoms with Gasteiger partial charge in [0.2, 0.25) is 0 Å². The second-order valence-electron chi connectivity index (χ2n) is 4.57. The maximum atomic E-state index is 10.8. The number of aryl methyl sites for hydroxylation is 1. The maximum absolute atomic E-state index is 10.8. The van der Waals surface area contributed by atoms with Crippen LogP contribution in [0.2, 0.25) is 0 Å². The minimum absolute atomic E-state index is 0.648. The van der Waals surface area contributed by atoms with Gasteiger partial charge in [-0.25, -0.2) is 0 Å². The van der Waals surface area contributed by atoms with Crippen molar-refractivity contribution in [3.8, 4) is 11.5 Å². The minimum atomic E-state index is 0.648. The minimum Gasteiger partial charge on any atom is -0.456 e. The van der Waals surface area contributed by atoms with E-state index in [1.165, 1.54) is 0 Å². The number of hydrogen-bond donors (Lipinski definition) is 0. The summed E-state index contributed by atoms with van der Waals surface area (Å²) in [5, 5.41) is 0.967. The van der Waals surface area contributed by atoms with Gasteiger partial charge in [0, 0.05) is 17.1 Å². The third-order valence-electron chi connectivity index (χ3n) is 3.16. The number of pyridine rings is 1. The van der Waals surface area contributed by atoms with E-state index in [0.29, 0.717) is 5.56 Å². The Kier molecular flexibility index (Phi) is 3.17. The molecule has 3 heteroatoms. The monoisotopic (exact) mass is 263 g/mol. The van der Waals surface area contributed by atoms with Crippen molar-refractivity contribution in [2.24, 2.45) is 0 Å². The molecule has 3 rings (SSSR count). The van der Waals surface area contributed by atoms with Crippen LogP contribution in [0.1, 0.15) is 15.9 Å². The number of benzene rings is 2. The summed E-state index contributed by atoms with van der Waals surface area (Å²) in [6.07, 6.45) is 2.59. The van der Waals surface area contributed by atoms with E-state index in [4.69, 9.17) is 4.74 Å². The quantitative estimate of drug-likeness (QED) is 0.666. The molecule has 0 bridgehead atoms. The Morgan fingerprint density at radius 3 is 2.75 bits per heavy atom. The van der Waals surface area contributed by atoms with Crippen molar-refractivity contribution in [2.45, 2.75) is 6.92 Å². The Morgan fingerprint density at radius 2 is 1.95 bits per heavy atom. The van der Waals surface area contributed by atoms with Crippen molar-refractivity contribution < 1.29 is 9.53 Å².